The van der Waals surface area contributed by atoms with Gasteiger partial charge < -0.3 is 25.1 Å². The van der Waals surface area contributed by atoms with E-state index in [1.807, 2.05) is 30.5 Å². The normalized spacial score (nSPS) is 12.3. The molecule has 0 aliphatic carbocycles. The summed E-state index contributed by atoms with van der Waals surface area (Å²) in [5, 5.41) is 6.32. The van der Waals surface area contributed by atoms with Crippen LogP contribution in [0.25, 0.3) is 10.9 Å². The van der Waals surface area contributed by atoms with E-state index in [1.165, 1.54) is 7.11 Å². The van der Waals surface area contributed by atoms with E-state index in [-0.39, 0.29) is 12.3 Å². The average molecular weight is 403 g/mol. The maximum atomic E-state index is 12.3. The summed E-state index contributed by atoms with van der Waals surface area (Å²) >= 11 is 0. The predicted molar refractivity (Wildman–Crippen MR) is 109 cm³/mol. The molecule has 2 amide bonds. The highest BCUT2D eigenvalue weighted by molar-refractivity contribution is 5.87. The Morgan fingerprint density at radius 1 is 1.17 bits per heavy atom. The van der Waals surface area contributed by atoms with Gasteiger partial charge in [0.25, 0.3) is 0 Å². The molecule has 0 saturated carbocycles. The van der Waals surface area contributed by atoms with Gasteiger partial charge in [-0.1, -0.05) is 18.2 Å². The van der Waals surface area contributed by atoms with Crippen molar-refractivity contribution in [2.45, 2.75) is 51.7 Å². The molecule has 2 aromatic rings. The van der Waals surface area contributed by atoms with Crippen LogP contribution >= 0.6 is 0 Å². The lowest BCUT2D eigenvalue weighted by Gasteiger charge is -2.19. The molecule has 1 aromatic carbocycles. The van der Waals surface area contributed by atoms with Gasteiger partial charge in [-0.05, 0) is 38.8 Å². The van der Waals surface area contributed by atoms with Crippen LogP contribution < -0.4 is 10.6 Å². The Balaban J connectivity index is 1.86. The number of aromatic amines is 1. The zero-order valence-corrected chi connectivity index (χ0v) is 17.3. The summed E-state index contributed by atoms with van der Waals surface area (Å²) in [6.07, 6.45) is 2.21. The second kappa shape index (κ2) is 9.95. The topological polar surface area (TPSA) is 110 Å². The van der Waals surface area contributed by atoms with Crippen molar-refractivity contribution in [1.29, 1.82) is 0 Å². The van der Waals surface area contributed by atoms with Crippen molar-refractivity contribution < 1.29 is 23.9 Å². The smallest absolute Gasteiger partial charge is 0.407 e. The average Bonchev–Trinajstić information content (AvgIpc) is 3.06. The van der Waals surface area contributed by atoms with Crippen LogP contribution in [0.2, 0.25) is 0 Å². The van der Waals surface area contributed by atoms with Crippen LogP contribution in [-0.2, 0) is 25.5 Å². The number of hydrogen-bond acceptors (Lipinski definition) is 5. The number of fused-ring (bicyclic) bond motifs is 1. The molecule has 0 radical (unpaired) electrons. The van der Waals surface area contributed by atoms with Gasteiger partial charge in [0.1, 0.15) is 11.6 Å². The number of methoxy groups -OCH3 is 1. The number of ether oxygens (including phenoxy) is 2. The van der Waals surface area contributed by atoms with Crippen LogP contribution in [0, 0.1) is 0 Å². The third-order valence-corrected chi connectivity index (χ3v) is 4.17. The van der Waals surface area contributed by atoms with Crippen molar-refractivity contribution in [1.82, 2.24) is 15.6 Å². The molecule has 0 bridgehead atoms. The van der Waals surface area contributed by atoms with E-state index in [4.69, 9.17) is 9.47 Å². The maximum Gasteiger partial charge on any atom is 0.407 e. The first-order valence-electron chi connectivity index (χ1n) is 9.58. The van der Waals surface area contributed by atoms with E-state index in [0.717, 1.165) is 16.5 Å². The van der Waals surface area contributed by atoms with Crippen molar-refractivity contribution >= 4 is 28.9 Å². The minimum Gasteiger partial charge on any atom is -0.467 e. The lowest BCUT2D eigenvalue weighted by atomic mass is 10.0. The molecule has 0 saturated heterocycles. The Morgan fingerprint density at radius 2 is 1.90 bits per heavy atom. The van der Waals surface area contributed by atoms with Gasteiger partial charge >= 0.3 is 12.1 Å². The maximum absolute atomic E-state index is 12.3. The van der Waals surface area contributed by atoms with Crippen molar-refractivity contribution in [2.75, 3.05) is 13.7 Å². The monoisotopic (exact) mass is 403 g/mol. The summed E-state index contributed by atoms with van der Waals surface area (Å²) in [5.74, 6) is -0.790. The first-order chi connectivity index (χ1) is 13.7. The first kappa shape index (κ1) is 22.3. The molecule has 8 nitrogen and oxygen atoms in total. The van der Waals surface area contributed by atoms with Gasteiger partial charge in [-0.15, -0.1) is 0 Å². The lowest BCUT2D eigenvalue weighted by molar-refractivity contribution is -0.145. The van der Waals surface area contributed by atoms with Gasteiger partial charge in [0, 0.05) is 36.5 Å². The zero-order valence-electron chi connectivity index (χ0n) is 17.3. The lowest BCUT2D eigenvalue weighted by Crippen LogP contribution is -2.43. The van der Waals surface area contributed by atoms with E-state index in [2.05, 4.69) is 15.6 Å². The number of benzene rings is 1. The second-order valence-corrected chi connectivity index (χ2v) is 7.74. The number of para-hydroxylation sites is 1. The number of carbonyl (C=O) groups is 3. The van der Waals surface area contributed by atoms with Crippen LogP contribution in [0.5, 0.6) is 0 Å². The molecule has 3 N–H and O–H groups in total. The molecule has 29 heavy (non-hydrogen) atoms. The molecule has 1 aromatic heterocycles. The first-order valence-corrected chi connectivity index (χ1v) is 9.58. The van der Waals surface area contributed by atoms with E-state index in [1.54, 1.807) is 20.8 Å². The van der Waals surface area contributed by atoms with E-state index in [0.29, 0.717) is 19.4 Å². The standard InChI is InChI=1S/C21H29N3O5/c1-21(2,3)29-20(27)22-11-7-10-18(25)24-17(19(26)28-4)12-14-13-23-16-9-6-5-8-15(14)16/h5-6,8-9,13,17,23H,7,10-12H2,1-4H3,(H,22,27)(H,24,25)/t17-/m1/s1. The van der Waals surface area contributed by atoms with Gasteiger partial charge in [0.05, 0.1) is 7.11 Å². The third kappa shape index (κ3) is 7.14. The minimum atomic E-state index is -0.787. The number of aromatic nitrogens is 1. The number of amides is 2. The summed E-state index contributed by atoms with van der Waals surface area (Å²) in [6, 6.07) is 6.96. The fourth-order valence-electron chi connectivity index (χ4n) is 2.88. The number of carbonyl (C=O) groups excluding carboxylic acids is 3. The van der Waals surface area contributed by atoms with Crippen molar-refractivity contribution in [3.05, 3.63) is 36.0 Å². The van der Waals surface area contributed by atoms with Crippen molar-refractivity contribution in [3.63, 3.8) is 0 Å². The summed E-state index contributed by atoms with van der Waals surface area (Å²) in [6.45, 7) is 5.63. The molecule has 0 unspecified atom stereocenters. The number of nitrogens with one attached hydrogen (secondary N) is 3. The van der Waals surface area contributed by atoms with Crippen LogP contribution in [0.1, 0.15) is 39.2 Å². The fourth-order valence-corrected chi connectivity index (χ4v) is 2.88. The molecule has 1 heterocycles. The molecule has 0 fully saturated rings. The summed E-state index contributed by atoms with van der Waals surface area (Å²) in [4.78, 5) is 39.2. The van der Waals surface area contributed by atoms with Crippen LogP contribution in [0.4, 0.5) is 4.79 Å². The third-order valence-electron chi connectivity index (χ3n) is 4.17. The van der Waals surface area contributed by atoms with Gasteiger partial charge in [0.2, 0.25) is 5.91 Å². The van der Waals surface area contributed by atoms with Gasteiger partial charge in [-0.2, -0.15) is 0 Å². The Labute approximate surface area is 170 Å². The van der Waals surface area contributed by atoms with Gasteiger partial charge in [-0.25, -0.2) is 9.59 Å². The summed E-state index contributed by atoms with van der Waals surface area (Å²) in [7, 11) is 1.29. The number of esters is 1. The molecule has 0 aliphatic heterocycles. The highest BCUT2D eigenvalue weighted by atomic mass is 16.6. The number of hydrogen-bond donors (Lipinski definition) is 3. The minimum absolute atomic E-state index is 0.164. The highest BCUT2D eigenvalue weighted by Gasteiger charge is 2.23. The van der Waals surface area contributed by atoms with Gasteiger partial charge in [0.15, 0.2) is 0 Å². The van der Waals surface area contributed by atoms with E-state index >= 15 is 0 Å². The van der Waals surface area contributed by atoms with Crippen LogP contribution in [0.3, 0.4) is 0 Å². The molecule has 0 aliphatic rings. The fraction of sp³-hybridized carbons (Fsp3) is 0.476. The highest BCUT2D eigenvalue weighted by Crippen LogP contribution is 2.19. The Morgan fingerprint density at radius 3 is 2.59 bits per heavy atom. The predicted octanol–water partition coefficient (Wildman–Crippen LogP) is 2.67. The SMILES string of the molecule is COC(=O)[C@@H](Cc1c[nH]c2ccccc12)NC(=O)CCCNC(=O)OC(C)(C)C. The largest absolute Gasteiger partial charge is 0.467 e. The quantitative estimate of drug-likeness (QED) is 0.464. The molecule has 0 spiro atoms. The molecule has 158 valence electrons. The van der Waals surface area contributed by atoms with Crippen molar-refractivity contribution in [2.24, 2.45) is 0 Å². The van der Waals surface area contributed by atoms with Crippen molar-refractivity contribution in [3.8, 4) is 0 Å². The number of H-pyrrole nitrogens is 1. The van der Waals surface area contributed by atoms with Gasteiger partial charge in [-0.3, -0.25) is 4.79 Å². The Hall–Kier alpha value is -3.03. The summed E-state index contributed by atoms with van der Waals surface area (Å²) < 4.78 is 9.97. The van der Waals surface area contributed by atoms with E-state index < -0.39 is 23.7 Å². The summed E-state index contributed by atoms with van der Waals surface area (Å²) in [5.41, 5.74) is 1.31. The molecular formula is C21H29N3O5. The Kier molecular flexibility index (Phi) is 7.64. The van der Waals surface area contributed by atoms with Crippen LogP contribution in [0.15, 0.2) is 30.5 Å². The van der Waals surface area contributed by atoms with E-state index in [9.17, 15) is 14.4 Å². The molecule has 1 atom stereocenters. The molecular weight excluding hydrogens is 374 g/mol. The molecule has 8 heteroatoms. The second-order valence-electron chi connectivity index (χ2n) is 7.74. The number of alkyl carbamates (subject to hydrolysis) is 1. The number of rotatable bonds is 8. The zero-order chi connectivity index (χ0) is 21.4. The molecule has 2 rings (SSSR count). The Bertz CT molecular complexity index is 853. The van der Waals surface area contributed by atoms with Crippen LogP contribution in [-0.4, -0.2) is 48.3 Å².